The molecule has 3 saturated carbocycles. The third kappa shape index (κ3) is 7.64. The standard InChI is InChI=1S/C28H49FO/c1-3-21-30-28-19-17-26(18-20-28)25-15-13-24(14-16-25)23-11-9-22(10-12-23)7-5-6-8-27(29)4-2/h6,8,22-28H,3-5,7,9-21H2,1-2H3/t22-,23-,24-,25-,26-,27?,28-. The van der Waals surface area contributed by atoms with Gasteiger partial charge in [-0.05, 0) is 119 Å². The highest BCUT2D eigenvalue weighted by Gasteiger charge is 2.34. The lowest BCUT2D eigenvalue weighted by atomic mass is 9.65. The molecule has 0 amide bonds. The smallest absolute Gasteiger partial charge is 0.118 e. The first-order valence-corrected chi connectivity index (χ1v) is 13.6. The van der Waals surface area contributed by atoms with Crippen molar-refractivity contribution >= 4 is 0 Å². The Morgan fingerprint density at radius 3 is 1.77 bits per heavy atom. The summed E-state index contributed by atoms with van der Waals surface area (Å²) in [5, 5.41) is 0. The van der Waals surface area contributed by atoms with Crippen molar-refractivity contribution in [1.82, 2.24) is 0 Å². The van der Waals surface area contributed by atoms with Crippen LogP contribution in [0.2, 0.25) is 0 Å². The van der Waals surface area contributed by atoms with Gasteiger partial charge in [0.2, 0.25) is 0 Å². The highest BCUT2D eigenvalue weighted by molar-refractivity contribution is 4.90. The third-order valence-electron chi connectivity index (χ3n) is 8.79. The van der Waals surface area contributed by atoms with Crippen LogP contribution < -0.4 is 0 Å². The molecular formula is C28H49FO. The summed E-state index contributed by atoms with van der Waals surface area (Å²) in [5.74, 6) is 4.92. The van der Waals surface area contributed by atoms with E-state index in [1.807, 2.05) is 6.92 Å². The van der Waals surface area contributed by atoms with Crippen LogP contribution in [0.15, 0.2) is 12.2 Å². The molecule has 30 heavy (non-hydrogen) atoms. The fourth-order valence-electron chi connectivity index (χ4n) is 6.76. The monoisotopic (exact) mass is 420 g/mol. The molecule has 0 bridgehead atoms. The van der Waals surface area contributed by atoms with Crippen LogP contribution in [-0.2, 0) is 4.74 Å². The SMILES string of the molecule is CCCO[C@H]1CC[C@H]([C@H]2CC[C@H]([C@H]3CC[C@H](CCC=CC(F)CC)CC3)CC2)CC1. The maximum atomic E-state index is 13.3. The van der Waals surface area contributed by atoms with Gasteiger partial charge in [-0.3, -0.25) is 0 Å². The third-order valence-corrected chi connectivity index (χ3v) is 8.79. The molecule has 1 unspecified atom stereocenters. The minimum absolute atomic E-state index is 0.563. The molecule has 174 valence electrons. The molecular weight excluding hydrogens is 371 g/mol. The van der Waals surface area contributed by atoms with Gasteiger partial charge in [0.15, 0.2) is 0 Å². The highest BCUT2D eigenvalue weighted by atomic mass is 19.1. The van der Waals surface area contributed by atoms with Gasteiger partial charge < -0.3 is 4.74 Å². The van der Waals surface area contributed by atoms with E-state index in [1.54, 1.807) is 6.08 Å². The Bertz CT molecular complexity index is 465. The lowest BCUT2D eigenvalue weighted by Crippen LogP contribution is -2.31. The van der Waals surface area contributed by atoms with E-state index in [-0.39, 0.29) is 0 Å². The summed E-state index contributed by atoms with van der Waals surface area (Å²) in [5.41, 5.74) is 0. The van der Waals surface area contributed by atoms with Crippen LogP contribution in [0.25, 0.3) is 0 Å². The zero-order valence-electron chi connectivity index (χ0n) is 20.0. The van der Waals surface area contributed by atoms with Gasteiger partial charge in [-0.15, -0.1) is 0 Å². The maximum absolute atomic E-state index is 13.3. The average Bonchev–Trinajstić information content (AvgIpc) is 2.81. The van der Waals surface area contributed by atoms with Crippen molar-refractivity contribution in [1.29, 1.82) is 0 Å². The van der Waals surface area contributed by atoms with Crippen LogP contribution >= 0.6 is 0 Å². The molecule has 1 atom stereocenters. The summed E-state index contributed by atoms with van der Waals surface area (Å²) < 4.78 is 19.3. The van der Waals surface area contributed by atoms with Crippen molar-refractivity contribution in [3.8, 4) is 0 Å². The van der Waals surface area contributed by atoms with E-state index in [9.17, 15) is 4.39 Å². The summed E-state index contributed by atoms with van der Waals surface area (Å²) in [6.07, 6.45) is 25.1. The zero-order valence-corrected chi connectivity index (χ0v) is 20.0. The minimum atomic E-state index is -0.736. The molecule has 0 saturated heterocycles. The maximum Gasteiger partial charge on any atom is 0.118 e. The number of alkyl halides is 1. The Kier molecular flexibility index (Phi) is 10.7. The van der Waals surface area contributed by atoms with Crippen LogP contribution in [0.5, 0.6) is 0 Å². The summed E-state index contributed by atoms with van der Waals surface area (Å²) >= 11 is 0. The average molecular weight is 421 g/mol. The number of hydrogen-bond acceptors (Lipinski definition) is 1. The van der Waals surface area contributed by atoms with Crippen molar-refractivity contribution in [3.63, 3.8) is 0 Å². The molecule has 3 rings (SSSR count). The Hall–Kier alpha value is -0.370. The number of ether oxygens (including phenoxy) is 1. The summed E-state index contributed by atoms with van der Waals surface area (Å²) in [4.78, 5) is 0. The first-order chi connectivity index (χ1) is 14.7. The van der Waals surface area contributed by atoms with Crippen molar-refractivity contribution in [3.05, 3.63) is 12.2 Å². The normalized spacial score (nSPS) is 36.8. The molecule has 2 heteroatoms. The van der Waals surface area contributed by atoms with Crippen LogP contribution in [0.4, 0.5) is 4.39 Å². The number of allylic oxidation sites excluding steroid dienone is 2. The Morgan fingerprint density at radius 2 is 1.27 bits per heavy atom. The fourth-order valence-corrected chi connectivity index (χ4v) is 6.76. The van der Waals surface area contributed by atoms with Crippen molar-refractivity contribution in [2.24, 2.45) is 29.6 Å². The molecule has 3 fully saturated rings. The molecule has 1 nitrogen and oxygen atoms in total. The van der Waals surface area contributed by atoms with E-state index in [4.69, 9.17) is 4.74 Å². The van der Waals surface area contributed by atoms with Gasteiger partial charge in [-0.1, -0.05) is 38.8 Å². The van der Waals surface area contributed by atoms with Gasteiger partial charge in [0, 0.05) is 6.61 Å². The van der Waals surface area contributed by atoms with E-state index in [0.717, 1.165) is 49.0 Å². The van der Waals surface area contributed by atoms with E-state index < -0.39 is 6.17 Å². The van der Waals surface area contributed by atoms with E-state index >= 15 is 0 Å². The van der Waals surface area contributed by atoms with Gasteiger partial charge in [-0.25, -0.2) is 4.39 Å². The van der Waals surface area contributed by atoms with E-state index in [2.05, 4.69) is 13.0 Å². The molecule has 0 N–H and O–H groups in total. The van der Waals surface area contributed by atoms with Gasteiger partial charge in [0.25, 0.3) is 0 Å². The van der Waals surface area contributed by atoms with Gasteiger partial charge in [0.05, 0.1) is 6.10 Å². The summed E-state index contributed by atoms with van der Waals surface area (Å²) in [6, 6.07) is 0. The Balaban J connectivity index is 1.29. The molecule has 0 aliphatic heterocycles. The molecule has 0 aromatic rings. The first-order valence-electron chi connectivity index (χ1n) is 13.6. The number of hydrogen-bond donors (Lipinski definition) is 0. The second-order valence-corrected chi connectivity index (χ2v) is 10.8. The van der Waals surface area contributed by atoms with E-state index in [0.29, 0.717) is 12.5 Å². The highest BCUT2D eigenvalue weighted by Crippen LogP contribution is 2.45. The molecule has 0 radical (unpaired) electrons. The quantitative estimate of drug-likeness (QED) is 0.321. The van der Waals surface area contributed by atoms with Crippen molar-refractivity contribution < 1.29 is 9.13 Å². The molecule has 3 aliphatic carbocycles. The number of rotatable bonds is 10. The summed E-state index contributed by atoms with van der Waals surface area (Å²) in [6.45, 7) is 5.08. The molecule has 0 heterocycles. The molecule has 0 aromatic carbocycles. The molecule has 0 aromatic heterocycles. The predicted octanol–water partition coefficient (Wildman–Crippen LogP) is 8.67. The van der Waals surface area contributed by atoms with Crippen LogP contribution in [0, 0.1) is 29.6 Å². The van der Waals surface area contributed by atoms with Crippen molar-refractivity contribution in [2.45, 2.75) is 129 Å². The second-order valence-electron chi connectivity index (χ2n) is 10.8. The van der Waals surface area contributed by atoms with Gasteiger partial charge in [0.1, 0.15) is 6.17 Å². The Labute approximate surface area is 186 Å². The van der Waals surface area contributed by atoms with E-state index in [1.165, 1.54) is 83.5 Å². The molecule has 0 spiro atoms. The Morgan fingerprint density at radius 1 is 0.767 bits per heavy atom. The first kappa shape index (κ1) is 24.3. The minimum Gasteiger partial charge on any atom is -0.378 e. The largest absolute Gasteiger partial charge is 0.378 e. The topological polar surface area (TPSA) is 9.23 Å². The van der Waals surface area contributed by atoms with Crippen molar-refractivity contribution in [2.75, 3.05) is 6.61 Å². The van der Waals surface area contributed by atoms with Gasteiger partial charge in [-0.2, -0.15) is 0 Å². The van der Waals surface area contributed by atoms with Crippen LogP contribution in [0.1, 0.15) is 117 Å². The van der Waals surface area contributed by atoms with Crippen LogP contribution in [-0.4, -0.2) is 18.9 Å². The summed E-state index contributed by atoms with van der Waals surface area (Å²) in [7, 11) is 0. The number of halogens is 1. The van der Waals surface area contributed by atoms with Gasteiger partial charge >= 0.3 is 0 Å². The lowest BCUT2D eigenvalue weighted by Gasteiger charge is -2.41. The lowest BCUT2D eigenvalue weighted by molar-refractivity contribution is 0.00569. The second kappa shape index (κ2) is 13.2. The van der Waals surface area contributed by atoms with Crippen LogP contribution in [0.3, 0.4) is 0 Å². The molecule has 3 aliphatic rings. The zero-order chi connectivity index (χ0) is 21.2. The predicted molar refractivity (Wildman–Crippen MR) is 126 cm³/mol. The fraction of sp³-hybridized carbons (Fsp3) is 0.929.